The predicted molar refractivity (Wildman–Crippen MR) is 79.3 cm³/mol. The molecule has 114 valence electrons. The SMILES string of the molecule is CC(C)(C)CC(C)(C)NS(=O)(=O)c1c(N)cccc1F. The maximum absolute atomic E-state index is 13.8. The molecule has 0 saturated heterocycles. The molecule has 0 aliphatic heterocycles. The molecule has 0 heterocycles. The van der Waals surface area contributed by atoms with Crippen LogP contribution in [0.25, 0.3) is 0 Å². The predicted octanol–water partition coefficient (Wildman–Crippen LogP) is 2.90. The van der Waals surface area contributed by atoms with Gasteiger partial charge in [0.25, 0.3) is 0 Å². The van der Waals surface area contributed by atoms with E-state index in [1.165, 1.54) is 12.1 Å². The Balaban J connectivity index is 3.13. The Labute approximate surface area is 120 Å². The summed E-state index contributed by atoms with van der Waals surface area (Å²) >= 11 is 0. The Kier molecular flexibility index (Phi) is 4.51. The number of hydrogen-bond donors (Lipinski definition) is 2. The summed E-state index contributed by atoms with van der Waals surface area (Å²) < 4.78 is 41.0. The summed E-state index contributed by atoms with van der Waals surface area (Å²) in [5.74, 6) is -0.843. The summed E-state index contributed by atoms with van der Waals surface area (Å²) in [4.78, 5) is -0.484. The van der Waals surface area contributed by atoms with E-state index < -0.39 is 26.3 Å². The fourth-order valence-electron chi connectivity index (χ4n) is 2.59. The van der Waals surface area contributed by atoms with Crippen molar-refractivity contribution in [2.24, 2.45) is 5.41 Å². The van der Waals surface area contributed by atoms with E-state index in [4.69, 9.17) is 5.73 Å². The maximum Gasteiger partial charge on any atom is 0.246 e. The highest BCUT2D eigenvalue weighted by atomic mass is 32.2. The molecule has 6 heteroatoms. The number of rotatable bonds is 4. The molecule has 0 atom stereocenters. The normalized spacial score (nSPS) is 13.5. The topological polar surface area (TPSA) is 72.2 Å². The summed E-state index contributed by atoms with van der Waals surface area (Å²) in [6.07, 6.45) is 0.605. The number of nitrogens with one attached hydrogen (secondary N) is 1. The van der Waals surface area contributed by atoms with Gasteiger partial charge in [0.15, 0.2) is 0 Å². The van der Waals surface area contributed by atoms with Gasteiger partial charge in [0.05, 0.1) is 5.69 Å². The van der Waals surface area contributed by atoms with Crippen LogP contribution in [-0.4, -0.2) is 14.0 Å². The monoisotopic (exact) mass is 302 g/mol. The van der Waals surface area contributed by atoms with E-state index >= 15 is 0 Å². The van der Waals surface area contributed by atoms with Gasteiger partial charge in [0, 0.05) is 5.54 Å². The van der Waals surface area contributed by atoms with E-state index in [0.29, 0.717) is 6.42 Å². The molecule has 0 spiro atoms. The van der Waals surface area contributed by atoms with Crippen LogP contribution in [0.3, 0.4) is 0 Å². The van der Waals surface area contributed by atoms with Crippen molar-refractivity contribution in [3.05, 3.63) is 24.0 Å². The molecule has 0 bridgehead atoms. The lowest BCUT2D eigenvalue weighted by Crippen LogP contribution is -2.46. The molecule has 0 unspecified atom stereocenters. The van der Waals surface area contributed by atoms with Gasteiger partial charge in [-0.3, -0.25) is 0 Å². The van der Waals surface area contributed by atoms with E-state index in [9.17, 15) is 12.8 Å². The average Bonchev–Trinajstić information content (AvgIpc) is 2.09. The first kappa shape index (κ1) is 16.9. The maximum atomic E-state index is 13.8. The molecule has 0 aliphatic carbocycles. The van der Waals surface area contributed by atoms with Crippen molar-refractivity contribution in [2.75, 3.05) is 5.73 Å². The second-order valence-electron chi connectivity index (χ2n) is 6.89. The highest BCUT2D eigenvalue weighted by molar-refractivity contribution is 7.89. The Morgan fingerprint density at radius 2 is 1.75 bits per heavy atom. The lowest BCUT2D eigenvalue weighted by Gasteiger charge is -2.33. The quantitative estimate of drug-likeness (QED) is 0.840. The van der Waals surface area contributed by atoms with Gasteiger partial charge in [-0.15, -0.1) is 0 Å². The summed E-state index contributed by atoms with van der Waals surface area (Å²) in [6.45, 7) is 9.58. The number of nitrogen functional groups attached to an aromatic ring is 1. The number of halogens is 1. The van der Waals surface area contributed by atoms with Gasteiger partial charge in [-0.25, -0.2) is 17.5 Å². The number of benzene rings is 1. The van der Waals surface area contributed by atoms with Crippen LogP contribution in [0.4, 0.5) is 10.1 Å². The first-order chi connectivity index (χ1) is 8.84. The minimum Gasteiger partial charge on any atom is -0.398 e. The van der Waals surface area contributed by atoms with E-state index in [1.54, 1.807) is 13.8 Å². The first-order valence-corrected chi connectivity index (χ1v) is 7.90. The highest BCUT2D eigenvalue weighted by Gasteiger charge is 2.32. The summed E-state index contributed by atoms with van der Waals surface area (Å²) in [5.41, 5.74) is 4.74. The summed E-state index contributed by atoms with van der Waals surface area (Å²) in [5, 5.41) is 0. The zero-order chi connectivity index (χ0) is 15.8. The molecule has 1 aromatic rings. The minimum absolute atomic E-state index is 0.0627. The van der Waals surface area contributed by atoms with E-state index in [2.05, 4.69) is 4.72 Å². The zero-order valence-electron chi connectivity index (χ0n) is 12.6. The van der Waals surface area contributed by atoms with Gasteiger partial charge in [0.1, 0.15) is 10.7 Å². The lowest BCUT2D eigenvalue weighted by molar-refractivity contribution is 0.269. The van der Waals surface area contributed by atoms with E-state index in [-0.39, 0.29) is 11.1 Å². The Morgan fingerprint density at radius 1 is 1.20 bits per heavy atom. The van der Waals surface area contributed by atoms with Gasteiger partial charge in [0.2, 0.25) is 10.0 Å². The fourth-order valence-corrected chi connectivity index (χ4v) is 4.19. The molecule has 1 rings (SSSR count). The second kappa shape index (κ2) is 5.33. The van der Waals surface area contributed by atoms with E-state index in [1.807, 2.05) is 20.8 Å². The van der Waals surface area contributed by atoms with Crippen molar-refractivity contribution in [3.63, 3.8) is 0 Å². The smallest absolute Gasteiger partial charge is 0.246 e. The van der Waals surface area contributed by atoms with Crippen molar-refractivity contribution >= 4 is 15.7 Å². The van der Waals surface area contributed by atoms with Gasteiger partial charge in [-0.2, -0.15) is 0 Å². The average molecular weight is 302 g/mol. The molecule has 4 nitrogen and oxygen atoms in total. The van der Waals surface area contributed by atoms with Crippen LogP contribution >= 0.6 is 0 Å². The molecular weight excluding hydrogens is 279 g/mol. The number of sulfonamides is 1. The minimum atomic E-state index is -4.00. The van der Waals surface area contributed by atoms with Crippen molar-refractivity contribution in [2.45, 2.75) is 51.5 Å². The Hall–Kier alpha value is -1.14. The first-order valence-electron chi connectivity index (χ1n) is 6.42. The molecule has 0 amide bonds. The van der Waals surface area contributed by atoms with Crippen LogP contribution in [0.1, 0.15) is 41.0 Å². The van der Waals surface area contributed by atoms with Crippen LogP contribution < -0.4 is 10.5 Å². The Bertz CT molecular complexity index is 569. The van der Waals surface area contributed by atoms with Gasteiger partial charge in [-0.05, 0) is 37.8 Å². The molecular formula is C14H23FN2O2S. The van der Waals surface area contributed by atoms with Crippen molar-refractivity contribution in [1.29, 1.82) is 0 Å². The summed E-state index contributed by atoms with van der Waals surface area (Å²) in [6, 6.07) is 3.83. The molecule has 0 aliphatic rings. The largest absolute Gasteiger partial charge is 0.398 e. The Morgan fingerprint density at radius 3 is 2.20 bits per heavy atom. The van der Waals surface area contributed by atoms with Gasteiger partial charge >= 0.3 is 0 Å². The van der Waals surface area contributed by atoms with Gasteiger partial charge < -0.3 is 5.73 Å². The molecule has 0 saturated carbocycles. The lowest BCUT2D eigenvalue weighted by atomic mass is 9.82. The van der Waals surface area contributed by atoms with E-state index in [0.717, 1.165) is 6.07 Å². The zero-order valence-corrected chi connectivity index (χ0v) is 13.4. The molecule has 20 heavy (non-hydrogen) atoms. The standard InChI is InChI=1S/C14H23FN2O2S/c1-13(2,3)9-14(4,5)17-20(18,19)12-10(15)7-6-8-11(12)16/h6-8,17H,9,16H2,1-5H3. The second-order valence-corrected chi connectivity index (χ2v) is 8.50. The molecule has 0 fully saturated rings. The molecule has 0 aromatic heterocycles. The molecule has 3 N–H and O–H groups in total. The number of nitrogens with two attached hydrogens (primary N) is 1. The van der Waals surface area contributed by atoms with Gasteiger partial charge in [-0.1, -0.05) is 26.8 Å². The number of anilines is 1. The molecule has 1 aromatic carbocycles. The van der Waals surface area contributed by atoms with Crippen molar-refractivity contribution < 1.29 is 12.8 Å². The number of hydrogen-bond acceptors (Lipinski definition) is 3. The van der Waals surface area contributed by atoms with Crippen LogP contribution in [0, 0.1) is 11.2 Å². The third kappa shape index (κ3) is 4.45. The van der Waals surface area contributed by atoms with Crippen molar-refractivity contribution in [3.8, 4) is 0 Å². The molecule has 0 radical (unpaired) electrons. The summed E-state index contributed by atoms with van der Waals surface area (Å²) in [7, 11) is -4.00. The third-order valence-corrected chi connectivity index (χ3v) is 4.44. The fraction of sp³-hybridized carbons (Fsp3) is 0.571. The van der Waals surface area contributed by atoms with Crippen LogP contribution in [0.2, 0.25) is 0 Å². The van der Waals surface area contributed by atoms with Crippen LogP contribution in [0.5, 0.6) is 0 Å². The van der Waals surface area contributed by atoms with Crippen LogP contribution in [0.15, 0.2) is 23.1 Å². The highest BCUT2D eigenvalue weighted by Crippen LogP contribution is 2.29. The van der Waals surface area contributed by atoms with Crippen LogP contribution in [-0.2, 0) is 10.0 Å². The van der Waals surface area contributed by atoms with Crippen molar-refractivity contribution in [1.82, 2.24) is 4.72 Å². The third-order valence-electron chi connectivity index (χ3n) is 2.65.